The van der Waals surface area contributed by atoms with Gasteiger partial charge in [-0.25, -0.2) is 0 Å². The standard InChI is InChI=1S/C13H14BrN3O2/c14-11-3-1-2-10(8-11)13-16-15-12(19-13)9-17-4-6-18-7-5-17/h1-3,8H,4-7,9H2. The molecule has 1 aliphatic rings. The lowest BCUT2D eigenvalue weighted by Crippen LogP contribution is -2.35. The average molecular weight is 324 g/mol. The zero-order chi connectivity index (χ0) is 13.1. The summed E-state index contributed by atoms with van der Waals surface area (Å²) in [5, 5.41) is 8.20. The van der Waals surface area contributed by atoms with E-state index in [-0.39, 0.29) is 0 Å². The summed E-state index contributed by atoms with van der Waals surface area (Å²) in [5.41, 5.74) is 0.926. The first-order valence-electron chi connectivity index (χ1n) is 6.20. The second kappa shape index (κ2) is 5.81. The molecule has 6 heteroatoms. The second-order valence-electron chi connectivity index (χ2n) is 4.40. The predicted molar refractivity (Wildman–Crippen MR) is 73.5 cm³/mol. The Morgan fingerprint density at radius 3 is 2.84 bits per heavy atom. The Bertz CT molecular complexity index is 552. The molecule has 1 aromatic carbocycles. The second-order valence-corrected chi connectivity index (χ2v) is 5.32. The molecule has 2 aromatic rings. The first kappa shape index (κ1) is 12.8. The Labute approximate surface area is 119 Å². The van der Waals surface area contributed by atoms with Gasteiger partial charge in [0.25, 0.3) is 0 Å². The van der Waals surface area contributed by atoms with Crippen molar-refractivity contribution in [1.29, 1.82) is 0 Å². The summed E-state index contributed by atoms with van der Waals surface area (Å²) in [4.78, 5) is 2.25. The fourth-order valence-electron chi connectivity index (χ4n) is 2.01. The van der Waals surface area contributed by atoms with Crippen LogP contribution in [0.1, 0.15) is 5.89 Å². The minimum atomic E-state index is 0.560. The van der Waals surface area contributed by atoms with Crippen molar-refractivity contribution in [2.24, 2.45) is 0 Å². The third-order valence-corrected chi connectivity index (χ3v) is 3.49. The van der Waals surface area contributed by atoms with Gasteiger partial charge in [-0.2, -0.15) is 0 Å². The minimum absolute atomic E-state index is 0.560. The highest BCUT2D eigenvalue weighted by Crippen LogP contribution is 2.22. The molecule has 1 fully saturated rings. The summed E-state index contributed by atoms with van der Waals surface area (Å²) in [5.74, 6) is 1.21. The van der Waals surface area contributed by atoms with Gasteiger partial charge in [-0.1, -0.05) is 22.0 Å². The van der Waals surface area contributed by atoms with Crippen LogP contribution in [0.15, 0.2) is 33.2 Å². The normalized spacial score (nSPS) is 16.7. The van der Waals surface area contributed by atoms with E-state index in [9.17, 15) is 0 Å². The van der Waals surface area contributed by atoms with E-state index in [4.69, 9.17) is 9.15 Å². The Kier molecular flexibility index (Phi) is 3.91. The Balaban J connectivity index is 1.72. The number of halogens is 1. The maximum Gasteiger partial charge on any atom is 0.247 e. The van der Waals surface area contributed by atoms with E-state index < -0.39 is 0 Å². The maximum absolute atomic E-state index is 5.70. The van der Waals surface area contributed by atoms with Gasteiger partial charge in [0.2, 0.25) is 11.8 Å². The molecule has 5 nitrogen and oxygen atoms in total. The monoisotopic (exact) mass is 323 g/mol. The van der Waals surface area contributed by atoms with Crippen LogP contribution in [-0.4, -0.2) is 41.4 Å². The smallest absolute Gasteiger partial charge is 0.247 e. The SMILES string of the molecule is Brc1cccc(-c2nnc(CN3CCOCC3)o2)c1. The summed E-state index contributed by atoms with van der Waals surface area (Å²) in [7, 11) is 0. The molecule has 100 valence electrons. The van der Waals surface area contributed by atoms with E-state index in [0.29, 0.717) is 18.3 Å². The van der Waals surface area contributed by atoms with E-state index in [1.54, 1.807) is 0 Å². The molecule has 1 aliphatic heterocycles. The highest BCUT2D eigenvalue weighted by Gasteiger charge is 2.15. The van der Waals surface area contributed by atoms with Gasteiger partial charge < -0.3 is 9.15 Å². The number of morpholine rings is 1. The van der Waals surface area contributed by atoms with Gasteiger partial charge in [0.05, 0.1) is 19.8 Å². The van der Waals surface area contributed by atoms with Crippen LogP contribution in [0, 0.1) is 0 Å². The first-order valence-corrected chi connectivity index (χ1v) is 6.99. The largest absolute Gasteiger partial charge is 0.419 e. The quantitative estimate of drug-likeness (QED) is 0.867. The average Bonchev–Trinajstić information content (AvgIpc) is 2.88. The van der Waals surface area contributed by atoms with Crippen molar-refractivity contribution in [1.82, 2.24) is 15.1 Å². The van der Waals surface area contributed by atoms with Gasteiger partial charge in [0, 0.05) is 23.1 Å². The molecule has 0 N–H and O–H groups in total. The van der Waals surface area contributed by atoms with Crippen LogP contribution in [-0.2, 0) is 11.3 Å². The molecule has 2 heterocycles. The fourth-order valence-corrected chi connectivity index (χ4v) is 2.41. The highest BCUT2D eigenvalue weighted by atomic mass is 79.9. The molecule has 19 heavy (non-hydrogen) atoms. The summed E-state index contributed by atoms with van der Waals surface area (Å²) in [6.07, 6.45) is 0. The number of hydrogen-bond donors (Lipinski definition) is 0. The molecule has 0 radical (unpaired) electrons. The molecule has 0 bridgehead atoms. The molecule has 1 aromatic heterocycles. The van der Waals surface area contributed by atoms with Gasteiger partial charge in [0.1, 0.15) is 0 Å². The van der Waals surface area contributed by atoms with Crippen molar-refractivity contribution in [3.8, 4) is 11.5 Å². The topological polar surface area (TPSA) is 51.4 Å². The number of ether oxygens (including phenoxy) is 1. The number of hydrogen-bond acceptors (Lipinski definition) is 5. The zero-order valence-corrected chi connectivity index (χ0v) is 12.0. The van der Waals surface area contributed by atoms with Crippen molar-refractivity contribution in [3.63, 3.8) is 0 Å². The third kappa shape index (κ3) is 3.20. The van der Waals surface area contributed by atoms with Crippen molar-refractivity contribution < 1.29 is 9.15 Å². The van der Waals surface area contributed by atoms with Crippen LogP contribution in [0.25, 0.3) is 11.5 Å². The predicted octanol–water partition coefficient (Wildman–Crippen LogP) is 2.33. The van der Waals surface area contributed by atoms with Crippen molar-refractivity contribution in [3.05, 3.63) is 34.6 Å². The number of rotatable bonds is 3. The van der Waals surface area contributed by atoms with Crippen LogP contribution in [0.5, 0.6) is 0 Å². The lowest BCUT2D eigenvalue weighted by atomic mass is 10.2. The van der Waals surface area contributed by atoms with Crippen molar-refractivity contribution >= 4 is 15.9 Å². The summed E-state index contributed by atoms with van der Waals surface area (Å²) >= 11 is 3.43. The number of benzene rings is 1. The number of aromatic nitrogens is 2. The van der Waals surface area contributed by atoms with Crippen LogP contribution in [0.2, 0.25) is 0 Å². The van der Waals surface area contributed by atoms with Crippen molar-refractivity contribution in [2.45, 2.75) is 6.54 Å². The molecule has 1 saturated heterocycles. The van der Waals surface area contributed by atoms with Gasteiger partial charge >= 0.3 is 0 Å². The van der Waals surface area contributed by atoms with Crippen LogP contribution < -0.4 is 0 Å². The van der Waals surface area contributed by atoms with E-state index in [2.05, 4.69) is 31.0 Å². The Morgan fingerprint density at radius 1 is 1.21 bits per heavy atom. The highest BCUT2D eigenvalue weighted by molar-refractivity contribution is 9.10. The van der Waals surface area contributed by atoms with Crippen LogP contribution in [0.4, 0.5) is 0 Å². The summed E-state index contributed by atoms with van der Waals surface area (Å²) < 4.78 is 12.0. The van der Waals surface area contributed by atoms with Gasteiger partial charge in [0.15, 0.2) is 0 Å². The summed E-state index contributed by atoms with van der Waals surface area (Å²) in [6.45, 7) is 4.05. The maximum atomic E-state index is 5.70. The van der Waals surface area contributed by atoms with E-state index in [1.165, 1.54) is 0 Å². The van der Waals surface area contributed by atoms with E-state index in [0.717, 1.165) is 36.3 Å². The molecular weight excluding hydrogens is 310 g/mol. The Morgan fingerprint density at radius 2 is 2.05 bits per heavy atom. The fraction of sp³-hybridized carbons (Fsp3) is 0.385. The minimum Gasteiger partial charge on any atom is -0.419 e. The van der Waals surface area contributed by atoms with Crippen molar-refractivity contribution in [2.75, 3.05) is 26.3 Å². The molecule has 0 saturated carbocycles. The molecule has 0 unspecified atom stereocenters. The lowest BCUT2D eigenvalue weighted by molar-refractivity contribution is 0.0306. The summed E-state index contributed by atoms with van der Waals surface area (Å²) in [6, 6.07) is 7.84. The zero-order valence-electron chi connectivity index (χ0n) is 10.4. The molecule has 3 rings (SSSR count). The first-order chi connectivity index (χ1) is 9.31. The van der Waals surface area contributed by atoms with Crippen LogP contribution >= 0.6 is 15.9 Å². The Hall–Kier alpha value is -1.24. The van der Waals surface area contributed by atoms with Crippen LogP contribution in [0.3, 0.4) is 0 Å². The third-order valence-electron chi connectivity index (χ3n) is 3.00. The van der Waals surface area contributed by atoms with Gasteiger partial charge in [-0.05, 0) is 18.2 Å². The van der Waals surface area contributed by atoms with Gasteiger partial charge in [-0.15, -0.1) is 10.2 Å². The lowest BCUT2D eigenvalue weighted by Gasteiger charge is -2.24. The van der Waals surface area contributed by atoms with Gasteiger partial charge in [-0.3, -0.25) is 4.90 Å². The molecule has 0 atom stereocenters. The molecule has 0 spiro atoms. The van der Waals surface area contributed by atoms with E-state index >= 15 is 0 Å². The van der Waals surface area contributed by atoms with E-state index in [1.807, 2.05) is 24.3 Å². The number of nitrogens with zero attached hydrogens (tertiary/aromatic N) is 3. The molecule has 0 amide bonds. The molecular formula is C13H14BrN3O2. The molecule has 0 aliphatic carbocycles.